The van der Waals surface area contributed by atoms with Crippen LogP contribution in [0.15, 0.2) is 48.5 Å². The molecule has 0 aliphatic rings. The summed E-state index contributed by atoms with van der Waals surface area (Å²) in [6.07, 6.45) is -0.00347. The molecule has 122 valence electrons. The fourth-order valence-corrected chi connectivity index (χ4v) is 1.45. The third kappa shape index (κ3) is 10.6. The van der Waals surface area contributed by atoms with Gasteiger partial charge in [-0.05, 0) is 17.7 Å². The van der Waals surface area contributed by atoms with E-state index in [0.717, 1.165) is 0 Å². The maximum atomic E-state index is 10.3. The Hall–Kier alpha value is -2.16. The van der Waals surface area contributed by atoms with Crippen molar-refractivity contribution in [2.45, 2.75) is 41.0 Å². The van der Waals surface area contributed by atoms with Crippen LogP contribution in [0.2, 0.25) is 0 Å². The van der Waals surface area contributed by atoms with Gasteiger partial charge < -0.3 is 5.32 Å². The molecular weight excluding hydrogens is 274 g/mol. The number of fused-ring (bicyclic) bond motifs is 1. The van der Waals surface area contributed by atoms with Crippen molar-refractivity contribution in [2.24, 2.45) is 0 Å². The first kappa shape index (κ1) is 22.1. The third-order valence-corrected chi connectivity index (χ3v) is 2.35. The zero-order valence-corrected chi connectivity index (χ0v) is 14.6. The van der Waals surface area contributed by atoms with Gasteiger partial charge in [-0.3, -0.25) is 9.59 Å². The Morgan fingerprint density at radius 1 is 0.818 bits per heavy atom. The van der Waals surface area contributed by atoms with Gasteiger partial charge in [0.2, 0.25) is 5.91 Å². The fraction of sp³-hybridized carbons (Fsp3) is 0.368. The fourth-order valence-electron chi connectivity index (χ4n) is 1.45. The molecule has 0 bridgehead atoms. The number of Topliss-reactive ketones (excluding diaryl/α,β-unsaturated/α-hetero) is 1. The largest absolute Gasteiger partial charge is 0.359 e. The number of carbonyl (C=O) groups is 2. The highest BCUT2D eigenvalue weighted by Gasteiger charge is 1.99. The number of nitrogens with one attached hydrogen (secondary N) is 1. The minimum atomic E-state index is -0.225. The van der Waals surface area contributed by atoms with Crippen LogP contribution in [0, 0.1) is 0 Å². The molecule has 3 heteroatoms. The van der Waals surface area contributed by atoms with E-state index in [2.05, 4.69) is 53.8 Å². The summed E-state index contributed by atoms with van der Waals surface area (Å²) in [4.78, 5) is 20.4. The monoisotopic (exact) mass is 303 g/mol. The van der Waals surface area contributed by atoms with Gasteiger partial charge in [0.05, 0.1) is 6.42 Å². The third-order valence-electron chi connectivity index (χ3n) is 2.35. The molecular formula is C19H29NO2. The Morgan fingerprint density at radius 3 is 1.32 bits per heavy atom. The van der Waals surface area contributed by atoms with E-state index in [1.54, 1.807) is 0 Å². The van der Waals surface area contributed by atoms with Crippen LogP contribution in [-0.4, -0.2) is 18.7 Å². The standard InChI is InChI=1S/C10H8.C5H9NO2.2C2H6/c1-2-6-10-8-4-3-7-9(10)5-1;1-4(7)3-5(8)6-2;2*1-2/h1-8H;3H2,1-2H3,(H,6,8);2*1-2H3. The number of amides is 1. The highest BCUT2D eigenvalue weighted by atomic mass is 16.2. The second-order valence-electron chi connectivity index (χ2n) is 3.90. The number of ketones is 1. The summed E-state index contributed by atoms with van der Waals surface area (Å²) in [7, 11) is 1.51. The van der Waals surface area contributed by atoms with E-state index in [1.807, 2.05) is 27.7 Å². The van der Waals surface area contributed by atoms with E-state index >= 15 is 0 Å². The summed E-state index contributed by atoms with van der Waals surface area (Å²) in [5.74, 6) is -0.332. The predicted molar refractivity (Wildman–Crippen MR) is 96.0 cm³/mol. The SMILES string of the molecule is CC.CC.CNC(=O)CC(C)=O.c1ccc2ccccc2c1. The number of hydrogen-bond donors (Lipinski definition) is 1. The maximum absolute atomic E-state index is 10.3. The molecule has 1 amide bonds. The molecule has 22 heavy (non-hydrogen) atoms. The van der Waals surface area contributed by atoms with Crippen LogP contribution in [0.1, 0.15) is 41.0 Å². The summed E-state index contributed by atoms with van der Waals surface area (Å²) < 4.78 is 0. The predicted octanol–water partition coefficient (Wildman–Crippen LogP) is 4.60. The normalized spacial score (nSPS) is 8.09. The molecule has 1 N–H and O–H groups in total. The summed E-state index contributed by atoms with van der Waals surface area (Å²) in [5.41, 5.74) is 0. The van der Waals surface area contributed by atoms with Crippen LogP contribution >= 0.6 is 0 Å². The molecule has 0 aliphatic carbocycles. The molecule has 2 aromatic rings. The lowest BCUT2D eigenvalue weighted by atomic mass is 10.1. The molecule has 0 unspecified atom stereocenters. The Bertz CT molecular complexity index is 470. The lowest BCUT2D eigenvalue weighted by Gasteiger charge is -1.92. The van der Waals surface area contributed by atoms with Crippen LogP contribution in [-0.2, 0) is 9.59 Å². The number of benzene rings is 2. The molecule has 0 saturated carbocycles. The lowest BCUT2D eigenvalue weighted by molar-refractivity contribution is -0.126. The minimum absolute atomic E-state index is 0.00347. The van der Waals surface area contributed by atoms with Crippen molar-refractivity contribution < 1.29 is 9.59 Å². The maximum Gasteiger partial charge on any atom is 0.227 e. The van der Waals surface area contributed by atoms with Gasteiger partial charge in [-0.1, -0.05) is 76.2 Å². The molecule has 0 aromatic heterocycles. The minimum Gasteiger partial charge on any atom is -0.359 e. The van der Waals surface area contributed by atoms with E-state index in [9.17, 15) is 9.59 Å². The van der Waals surface area contributed by atoms with Crippen LogP contribution in [0.25, 0.3) is 10.8 Å². The van der Waals surface area contributed by atoms with Crippen LogP contribution in [0.3, 0.4) is 0 Å². The quantitative estimate of drug-likeness (QED) is 0.824. The summed E-state index contributed by atoms with van der Waals surface area (Å²) in [6.45, 7) is 9.38. The molecule has 0 heterocycles. The average molecular weight is 303 g/mol. The van der Waals surface area contributed by atoms with Gasteiger partial charge in [-0.15, -0.1) is 0 Å². The Labute approximate surface area is 134 Å². The van der Waals surface area contributed by atoms with Crippen LogP contribution in [0.4, 0.5) is 0 Å². The first-order chi connectivity index (χ1) is 10.6. The highest BCUT2D eigenvalue weighted by molar-refractivity contribution is 5.96. The number of hydrogen-bond acceptors (Lipinski definition) is 2. The first-order valence-electron chi connectivity index (χ1n) is 7.77. The molecule has 0 atom stereocenters. The molecule has 0 saturated heterocycles. The van der Waals surface area contributed by atoms with E-state index < -0.39 is 0 Å². The van der Waals surface area contributed by atoms with E-state index in [4.69, 9.17) is 0 Å². The summed E-state index contributed by atoms with van der Waals surface area (Å²) >= 11 is 0. The molecule has 0 spiro atoms. The first-order valence-corrected chi connectivity index (χ1v) is 7.77. The van der Waals surface area contributed by atoms with Crippen LogP contribution < -0.4 is 5.32 Å². The Morgan fingerprint density at radius 2 is 1.14 bits per heavy atom. The van der Waals surface area contributed by atoms with Crippen molar-refractivity contribution in [1.82, 2.24) is 5.32 Å². The van der Waals surface area contributed by atoms with E-state index in [-0.39, 0.29) is 18.1 Å². The second kappa shape index (κ2) is 15.2. The van der Waals surface area contributed by atoms with Crippen molar-refractivity contribution in [3.63, 3.8) is 0 Å². The van der Waals surface area contributed by atoms with Crippen molar-refractivity contribution in [1.29, 1.82) is 0 Å². The molecule has 0 radical (unpaired) electrons. The topological polar surface area (TPSA) is 46.2 Å². The van der Waals surface area contributed by atoms with Gasteiger partial charge in [0.25, 0.3) is 0 Å². The molecule has 2 aromatic carbocycles. The van der Waals surface area contributed by atoms with Gasteiger partial charge in [-0.2, -0.15) is 0 Å². The summed E-state index contributed by atoms with van der Waals surface area (Å²) in [6, 6.07) is 16.7. The molecule has 3 nitrogen and oxygen atoms in total. The van der Waals surface area contributed by atoms with Gasteiger partial charge in [-0.25, -0.2) is 0 Å². The zero-order valence-electron chi connectivity index (χ0n) is 14.6. The second-order valence-corrected chi connectivity index (χ2v) is 3.90. The zero-order chi connectivity index (χ0) is 17.4. The van der Waals surface area contributed by atoms with Crippen molar-refractivity contribution in [3.8, 4) is 0 Å². The van der Waals surface area contributed by atoms with Crippen molar-refractivity contribution in [2.75, 3.05) is 7.05 Å². The molecule has 2 rings (SSSR count). The number of carbonyl (C=O) groups excluding carboxylic acids is 2. The van der Waals surface area contributed by atoms with Gasteiger partial charge in [0, 0.05) is 7.05 Å². The highest BCUT2D eigenvalue weighted by Crippen LogP contribution is 2.11. The lowest BCUT2D eigenvalue weighted by Crippen LogP contribution is -2.19. The van der Waals surface area contributed by atoms with Gasteiger partial charge in [0.1, 0.15) is 5.78 Å². The smallest absolute Gasteiger partial charge is 0.227 e. The summed E-state index contributed by atoms with van der Waals surface area (Å²) in [5, 5.41) is 4.96. The Balaban J connectivity index is 0. The van der Waals surface area contributed by atoms with Crippen molar-refractivity contribution >= 4 is 22.5 Å². The van der Waals surface area contributed by atoms with Crippen molar-refractivity contribution in [3.05, 3.63) is 48.5 Å². The van der Waals surface area contributed by atoms with Crippen LogP contribution in [0.5, 0.6) is 0 Å². The molecule has 0 fully saturated rings. The van der Waals surface area contributed by atoms with E-state index in [0.29, 0.717) is 0 Å². The van der Waals surface area contributed by atoms with Gasteiger partial charge in [0.15, 0.2) is 0 Å². The van der Waals surface area contributed by atoms with Gasteiger partial charge >= 0.3 is 0 Å². The Kier molecular flexibility index (Phi) is 15.3. The number of rotatable bonds is 2. The average Bonchev–Trinajstić information content (AvgIpc) is 2.58. The molecule has 0 aliphatic heterocycles. The van der Waals surface area contributed by atoms with E-state index in [1.165, 1.54) is 24.7 Å².